The third kappa shape index (κ3) is 4.62. The molecule has 180 valence electrons. The predicted octanol–water partition coefficient (Wildman–Crippen LogP) is 5.80. The fourth-order valence-electron chi connectivity index (χ4n) is 4.14. The van der Waals surface area contributed by atoms with E-state index < -0.39 is 17.8 Å². The highest BCUT2D eigenvalue weighted by Crippen LogP contribution is 2.32. The molecule has 4 rings (SSSR count). The third-order valence-electron chi connectivity index (χ3n) is 5.88. The second-order valence-corrected chi connectivity index (χ2v) is 8.36. The summed E-state index contributed by atoms with van der Waals surface area (Å²) in [6, 6.07) is 13.7. The molecule has 0 fully saturated rings. The van der Waals surface area contributed by atoms with Gasteiger partial charge in [0, 0.05) is 35.9 Å². The number of alkyl halides is 3. The molecule has 2 aromatic carbocycles. The summed E-state index contributed by atoms with van der Waals surface area (Å²) >= 11 is 0. The van der Waals surface area contributed by atoms with Gasteiger partial charge in [0.15, 0.2) is 0 Å². The van der Waals surface area contributed by atoms with Crippen molar-refractivity contribution in [2.45, 2.75) is 26.1 Å². The molecule has 0 aliphatic rings. The number of anilines is 1. The van der Waals surface area contributed by atoms with Gasteiger partial charge in [-0.2, -0.15) is 13.2 Å². The van der Waals surface area contributed by atoms with E-state index in [1.54, 1.807) is 37.4 Å². The van der Waals surface area contributed by atoms with Crippen LogP contribution in [-0.4, -0.2) is 20.6 Å². The Bertz CT molecular complexity index is 1490. The third-order valence-corrected chi connectivity index (χ3v) is 5.88. The molecule has 0 spiro atoms. The highest BCUT2D eigenvalue weighted by molar-refractivity contribution is 5.94. The van der Waals surface area contributed by atoms with Gasteiger partial charge in [-0.15, -0.1) is 0 Å². The monoisotopic (exact) mass is 481 g/mol. The summed E-state index contributed by atoms with van der Waals surface area (Å²) in [7, 11) is 1.56. The quantitative estimate of drug-likeness (QED) is 0.377. The number of carboxylic acids is 1. The van der Waals surface area contributed by atoms with Crippen LogP contribution in [-0.2, 0) is 13.2 Å². The predicted molar refractivity (Wildman–Crippen MR) is 128 cm³/mol. The molecule has 0 bridgehead atoms. The molecule has 9 heteroatoms. The molecule has 35 heavy (non-hydrogen) atoms. The summed E-state index contributed by atoms with van der Waals surface area (Å²) < 4.78 is 40.2. The van der Waals surface area contributed by atoms with Gasteiger partial charge in [0.05, 0.1) is 11.3 Å². The number of hydrogen-bond acceptors (Lipinski definition) is 4. The number of para-hydroxylation sites is 1. The maximum atomic E-state index is 13.2. The average molecular weight is 481 g/mol. The number of carboxylic acid groups (broad SMARTS) is 1. The second kappa shape index (κ2) is 8.90. The van der Waals surface area contributed by atoms with E-state index in [-0.39, 0.29) is 17.2 Å². The molecular weight excluding hydrogens is 459 g/mol. The van der Waals surface area contributed by atoms with Crippen LogP contribution in [0.1, 0.15) is 40.1 Å². The van der Waals surface area contributed by atoms with Crippen molar-refractivity contribution in [3.05, 3.63) is 93.5 Å². The molecule has 4 aromatic rings. The summed E-state index contributed by atoms with van der Waals surface area (Å²) in [6.45, 7) is 3.71. The summed E-state index contributed by atoms with van der Waals surface area (Å²) in [5, 5.41) is 13.8. The van der Waals surface area contributed by atoms with Crippen LogP contribution in [0, 0.1) is 6.92 Å². The number of hydrogen-bond donors (Lipinski definition) is 2. The number of fused-ring (bicyclic) bond motifs is 1. The molecule has 0 radical (unpaired) electrons. The zero-order valence-electron chi connectivity index (χ0n) is 19.1. The van der Waals surface area contributed by atoms with Crippen molar-refractivity contribution in [2.75, 3.05) is 5.32 Å². The summed E-state index contributed by atoms with van der Waals surface area (Å²) in [5.74, 6) is -1.07. The Morgan fingerprint density at radius 1 is 1.09 bits per heavy atom. The fourth-order valence-corrected chi connectivity index (χ4v) is 4.14. The maximum Gasteiger partial charge on any atom is 0.433 e. The van der Waals surface area contributed by atoms with E-state index in [4.69, 9.17) is 0 Å². The molecule has 6 nitrogen and oxygen atoms in total. The van der Waals surface area contributed by atoms with E-state index >= 15 is 0 Å². The lowest BCUT2D eigenvalue weighted by atomic mass is 9.96. The molecule has 0 saturated carbocycles. The summed E-state index contributed by atoms with van der Waals surface area (Å²) in [6.07, 6.45) is -3.46. The Morgan fingerprint density at radius 2 is 1.80 bits per heavy atom. The van der Waals surface area contributed by atoms with Crippen molar-refractivity contribution < 1.29 is 23.1 Å². The van der Waals surface area contributed by atoms with Gasteiger partial charge in [-0.25, -0.2) is 4.79 Å². The number of nitrogens with zero attached hydrogens (tertiary/aromatic N) is 2. The van der Waals surface area contributed by atoms with Crippen molar-refractivity contribution in [1.82, 2.24) is 9.55 Å². The molecule has 1 unspecified atom stereocenters. The van der Waals surface area contributed by atoms with Crippen LogP contribution in [0.5, 0.6) is 0 Å². The highest BCUT2D eigenvalue weighted by Gasteiger charge is 2.32. The Hall–Kier alpha value is -4.14. The van der Waals surface area contributed by atoms with Crippen LogP contribution >= 0.6 is 0 Å². The van der Waals surface area contributed by atoms with Crippen molar-refractivity contribution >= 4 is 22.4 Å². The minimum absolute atomic E-state index is 0.115. The highest BCUT2D eigenvalue weighted by atomic mass is 19.4. The number of aromatic carboxylic acids is 1. The Balaban J connectivity index is 1.86. The van der Waals surface area contributed by atoms with Crippen LogP contribution in [0.4, 0.5) is 18.9 Å². The standard InChI is InChI=1S/C26H22F3N3O3/c1-14-10-18(15(2)31-21-7-5-4-6-17(21)25(34)35)19-12-22(32(3)24(33)20(19)11-14)16-8-9-23(30-13-16)26(27,28)29/h4-13,15,31H,1-3H3,(H,34,35). The Morgan fingerprint density at radius 3 is 2.43 bits per heavy atom. The molecule has 1 atom stereocenters. The first-order chi connectivity index (χ1) is 16.5. The Labute approximate surface area is 198 Å². The van der Waals surface area contributed by atoms with Gasteiger partial charge >= 0.3 is 12.1 Å². The van der Waals surface area contributed by atoms with Crippen LogP contribution in [0.25, 0.3) is 22.0 Å². The normalized spacial score (nSPS) is 12.5. The van der Waals surface area contributed by atoms with Crippen molar-refractivity contribution in [1.29, 1.82) is 0 Å². The van der Waals surface area contributed by atoms with Crippen LogP contribution in [0.15, 0.2) is 65.6 Å². The van der Waals surface area contributed by atoms with Gasteiger partial charge in [-0.1, -0.05) is 18.2 Å². The van der Waals surface area contributed by atoms with Gasteiger partial charge in [-0.05, 0) is 66.8 Å². The largest absolute Gasteiger partial charge is 0.478 e. The molecule has 2 N–H and O–H groups in total. The lowest BCUT2D eigenvalue weighted by molar-refractivity contribution is -0.141. The molecule has 0 aliphatic carbocycles. The van der Waals surface area contributed by atoms with Gasteiger partial charge in [-0.3, -0.25) is 9.78 Å². The second-order valence-electron chi connectivity index (χ2n) is 8.36. The van der Waals surface area contributed by atoms with E-state index in [0.717, 1.165) is 23.4 Å². The smallest absolute Gasteiger partial charge is 0.433 e. The molecule has 2 aromatic heterocycles. The first-order valence-corrected chi connectivity index (χ1v) is 10.7. The lowest BCUT2D eigenvalue weighted by Crippen LogP contribution is -2.20. The van der Waals surface area contributed by atoms with Crippen molar-refractivity contribution in [2.24, 2.45) is 7.05 Å². The number of carbonyl (C=O) groups is 1. The minimum atomic E-state index is -4.56. The van der Waals surface area contributed by atoms with Crippen LogP contribution in [0.2, 0.25) is 0 Å². The van der Waals surface area contributed by atoms with Crippen molar-refractivity contribution in [3.8, 4) is 11.3 Å². The number of benzene rings is 2. The Kier molecular flexibility index (Phi) is 6.10. The SMILES string of the molecule is Cc1cc(C(C)Nc2ccccc2C(=O)O)c2cc(-c3ccc(C(F)(F)F)nc3)n(C)c(=O)c2c1. The minimum Gasteiger partial charge on any atom is -0.478 e. The summed E-state index contributed by atoms with van der Waals surface area (Å²) in [5.41, 5.74) is 1.59. The van der Waals surface area contributed by atoms with Crippen molar-refractivity contribution in [3.63, 3.8) is 0 Å². The molecular formula is C26H22F3N3O3. The van der Waals surface area contributed by atoms with E-state index in [2.05, 4.69) is 10.3 Å². The average Bonchev–Trinajstić information content (AvgIpc) is 2.81. The van der Waals surface area contributed by atoms with Gasteiger partial charge in [0.25, 0.3) is 5.56 Å². The summed E-state index contributed by atoms with van der Waals surface area (Å²) in [4.78, 5) is 28.4. The topological polar surface area (TPSA) is 84.2 Å². The zero-order chi connectivity index (χ0) is 25.5. The van der Waals surface area contributed by atoms with Crippen LogP contribution < -0.4 is 10.9 Å². The first-order valence-electron chi connectivity index (χ1n) is 10.7. The van der Waals surface area contributed by atoms with Crippen LogP contribution in [0.3, 0.4) is 0 Å². The number of aromatic nitrogens is 2. The van der Waals surface area contributed by atoms with E-state index in [1.807, 2.05) is 19.9 Å². The van der Waals surface area contributed by atoms with Gasteiger partial charge in [0.2, 0.25) is 0 Å². The first kappa shape index (κ1) is 24.0. The lowest BCUT2D eigenvalue weighted by Gasteiger charge is -2.21. The number of nitrogens with one attached hydrogen (secondary N) is 1. The number of rotatable bonds is 5. The zero-order valence-corrected chi connectivity index (χ0v) is 19.1. The number of aryl methyl sites for hydroxylation is 1. The molecule has 0 amide bonds. The van der Waals surface area contributed by atoms with E-state index in [9.17, 15) is 27.9 Å². The molecule has 2 heterocycles. The fraction of sp³-hybridized carbons (Fsp3) is 0.192. The number of halogens is 3. The van der Waals surface area contributed by atoms with E-state index in [1.165, 1.54) is 16.7 Å². The van der Waals surface area contributed by atoms with E-state index in [0.29, 0.717) is 27.7 Å². The van der Waals surface area contributed by atoms with Gasteiger partial charge in [0.1, 0.15) is 5.69 Å². The molecule has 0 aliphatic heterocycles. The van der Waals surface area contributed by atoms with Gasteiger partial charge < -0.3 is 15.0 Å². The number of pyridine rings is 2. The maximum absolute atomic E-state index is 13.2. The molecule has 0 saturated heterocycles.